The van der Waals surface area contributed by atoms with Crippen LogP contribution in [0.2, 0.25) is 0 Å². The van der Waals surface area contributed by atoms with Crippen molar-refractivity contribution in [2.75, 3.05) is 26.2 Å². The van der Waals surface area contributed by atoms with Crippen LogP contribution in [-0.2, 0) is 9.59 Å². The number of hydrogen-bond donors (Lipinski definition) is 2. The van der Waals surface area contributed by atoms with Crippen molar-refractivity contribution in [3.8, 4) is 0 Å². The maximum atomic E-state index is 12.6. The summed E-state index contributed by atoms with van der Waals surface area (Å²) in [5, 5.41) is 5.94. The first-order valence-corrected chi connectivity index (χ1v) is 10.6. The molecular weight excluding hydrogens is 362 g/mol. The Morgan fingerprint density at radius 2 is 1.66 bits per heavy atom. The summed E-state index contributed by atoms with van der Waals surface area (Å²) in [5.74, 6) is 0.716. The summed E-state index contributed by atoms with van der Waals surface area (Å²) < 4.78 is 0. The summed E-state index contributed by atoms with van der Waals surface area (Å²) in [6, 6.07) is 20.4. The predicted molar refractivity (Wildman–Crippen MR) is 113 cm³/mol. The molecule has 0 spiro atoms. The number of rotatable bonds is 8. The Hall–Kier alpha value is -2.66. The highest BCUT2D eigenvalue weighted by Gasteiger charge is 2.34. The van der Waals surface area contributed by atoms with E-state index in [1.807, 2.05) is 12.1 Å². The molecule has 1 heterocycles. The quantitative estimate of drug-likeness (QED) is 0.727. The van der Waals surface area contributed by atoms with Gasteiger partial charge in [0.1, 0.15) is 0 Å². The van der Waals surface area contributed by atoms with Crippen LogP contribution in [0.4, 0.5) is 0 Å². The fourth-order valence-corrected chi connectivity index (χ4v) is 4.04. The van der Waals surface area contributed by atoms with Crippen LogP contribution in [0.25, 0.3) is 0 Å². The van der Waals surface area contributed by atoms with Gasteiger partial charge in [-0.15, -0.1) is 0 Å². The molecule has 1 atom stereocenters. The zero-order valence-electron chi connectivity index (χ0n) is 16.7. The molecule has 2 N–H and O–H groups in total. The Kier molecular flexibility index (Phi) is 6.25. The van der Waals surface area contributed by atoms with Gasteiger partial charge in [0.05, 0.1) is 12.5 Å². The normalized spacial score (nSPS) is 19.8. The third-order valence-corrected chi connectivity index (χ3v) is 5.93. The maximum Gasteiger partial charge on any atom is 0.237 e. The number of amides is 2. The highest BCUT2D eigenvalue weighted by Crippen LogP contribution is 2.28. The van der Waals surface area contributed by atoms with Crippen LogP contribution in [0.3, 0.4) is 0 Å². The molecule has 4 rings (SSSR count). The van der Waals surface area contributed by atoms with Crippen molar-refractivity contribution in [1.82, 2.24) is 15.5 Å². The molecule has 0 aromatic heterocycles. The lowest BCUT2D eigenvalue weighted by Gasteiger charge is -2.37. The van der Waals surface area contributed by atoms with E-state index < -0.39 is 6.04 Å². The molecular formula is C24H29N3O2. The minimum Gasteiger partial charge on any atom is -0.356 e. The monoisotopic (exact) mass is 391 g/mol. The highest BCUT2D eigenvalue weighted by molar-refractivity contribution is 5.88. The summed E-state index contributed by atoms with van der Waals surface area (Å²) in [5.41, 5.74) is 2.45. The van der Waals surface area contributed by atoms with Gasteiger partial charge >= 0.3 is 0 Å². The maximum absolute atomic E-state index is 12.6. The van der Waals surface area contributed by atoms with Crippen molar-refractivity contribution >= 4 is 11.8 Å². The second-order valence-electron chi connectivity index (χ2n) is 8.13. The fraction of sp³-hybridized carbons (Fsp3) is 0.417. The van der Waals surface area contributed by atoms with Gasteiger partial charge in [-0.3, -0.25) is 14.5 Å². The van der Waals surface area contributed by atoms with Gasteiger partial charge in [0.2, 0.25) is 11.8 Å². The Bertz CT molecular complexity index is 781. The summed E-state index contributed by atoms with van der Waals surface area (Å²) in [4.78, 5) is 27.2. The van der Waals surface area contributed by atoms with E-state index in [2.05, 4.69) is 64.1 Å². The zero-order chi connectivity index (χ0) is 20.1. The predicted octanol–water partition coefficient (Wildman–Crippen LogP) is 2.54. The van der Waals surface area contributed by atoms with Crippen LogP contribution in [-0.4, -0.2) is 48.9 Å². The number of carbonyl (C=O) groups excluding carboxylic acids is 2. The van der Waals surface area contributed by atoms with Crippen LogP contribution in [0.1, 0.15) is 36.3 Å². The van der Waals surface area contributed by atoms with E-state index in [0.29, 0.717) is 19.0 Å². The number of piperazine rings is 1. The van der Waals surface area contributed by atoms with Gasteiger partial charge in [-0.2, -0.15) is 0 Å². The van der Waals surface area contributed by atoms with Crippen molar-refractivity contribution in [3.63, 3.8) is 0 Å². The molecule has 2 aromatic carbocycles. The Balaban J connectivity index is 1.50. The SMILES string of the molecule is O=C(CC1C(=O)NCCN1CC(c1ccccc1)c1ccccc1)NCC1CC1. The van der Waals surface area contributed by atoms with Gasteiger partial charge in [-0.1, -0.05) is 60.7 Å². The number of nitrogens with zero attached hydrogens (tertiary/aromatic N) is 1. The van der Waals surface area contributed by atoms with Gasteiger partial charge in [-0.25, -0.2) is 0 Å². The molecule has 2 aromatic rings. The standard InChI is InChI=1S/C24H29N3O2/c28-23(26-16-18-11-12-18)15-22-24(29)25-13-14-27(22)17-21(19-7-3-1-4-8-19)20-9-5-2-6-10-20/h1-10,18,21-22H,11-17H2,(H,25,29)(H,26,28). The molecule has 5 nitrogen and oxygen atoms in total. The highest BCUT2D eigenvalue weighted by atomic mass is 16.2. The first-order valence-electron chi connectivity index (χ1n) is 10.6. The molecule has 1 aliphatic carbocycles. The van der Waals surface area contributed by atoms with Crippen LogP contribution in [0, 0.1) is 5.92 Å². The average molecular weight is 392 g/mol. The summed E-state index contributed by atoms with van der Waals surface area (Å²) in [6.45, 7) is 2.82. The summed E-state index contributed by atoms with van der Waals surface area (Å²) >= 11 is 0. The van der Waals surface area contributed by atoms with Crippen molar-refractivity contribution < 1.29 is 9.59 Å². The molecule has 29 heavy (non-hydrogen) atoms. The molecule has 2 aliphatic rings. The molecule has 2 amide bonds. The third kappa shape index (κ3) is 5.24. The third-order valence-electron chi connectivity index (χ3n) is 5.93. The van der Waals surface area contributed by atoms with E-state index >= 15 is 0 Å². The number of nitrogens with one attached hydrogen (secondary N) is 2. The summed E-state index contributed by atoms with van der Waals surface area (Å²) in [6.07, 6.45) is 2.62. The second kappa shape index (κ2) is 9.23. The number of hydrogen-bond acceptors (Lipinski definition) is 3. The molecule has 0 radical (unpaired) electrons. The molecule has 1 saturated carbocycles. The Morgan fingerprint density at radius 1 is 1.03 bits per heavy atom. The van der Waals surface area contributed by atoms with Crippen LogP contribution >= 0.6 is 0 Å². The number of carbonyl (C=O) groups is 2. The van der Waals surface area contributed by atoms with Crippen molar-refractivity contribution in [2.24, 2.45) is 5.92 Å². The lowest BCUT2D eigenvalue weighted by molar-refractivity contribution is -0.134. The minimum absolute atomic E-state index is 0.0278. The van der Waals surface area contributed by atoms with Gasteiger partial charge in [0.25, 0.3) is 0 Å². The van der Waals surface area contributed by atoms with Crippen molar-refractivity contribution in [1.29, 1.82) is 0 Å². The number of benzene rings is 2. The molecule has 1 saturated heterocycles. The van der Waals surface area contributed by atoms with Gasteiger partial charge in [0.15, 0.2) is 0 Å². The molecule has 0 bridgehead atoms. The average Bonchev–Trinajstić information content (AvgIpc) is 3.58. The second-order valence-corrected chi connectivity index (χ2v) is 8.13. The van der Waals surface area contributed by atoms with Crippen molar-refractivity contribution in [2.45, 2.75) is 31.2 Å². The Labute approximate surface area is 172 Å². The molecule has 152 valence electrons. The first kappa shape index (κ1) is 19.6. The van der Waals surface area contributed by atoms with Crippen LogP contribution < -0.4 is 10.6 Å². The fourth-order valence-electron chi connectivity index (χ4n) is 4.04. The Morgan fingerprint density at radius 3 is 2.24 bits per heavy atom. The van der Waals surface area contributed by atoms with Crippen molar-refractivity contribution in [3.05, 3.63) is 71.8 Å². The smallest absolute Gasteiger partial charge is 0.237 e. The van der Waals surface area contributed by atoms with Gasteiger partial charge in [0, 0.05) is 32.1 Å². The van der Waals surface area contributed by atoms with E-state index in [1.165, 1.54) is 24.0 Å². The van der Waals surface area contributed by atoms with Gasteiger partial charge in [-0.05, 0) is 29.9 Å². The molecule has 5 heteroatoms. The zero-order valence-corrected chi connectivity index (χ0v) is 16.7. The van der Waals surface area contributed by atoms with Crippen LogP contribution in [0.15, 0.2) is 60.7 Å². The van der Waals surface area contributed by atoms with E-state index in [-0.39, 0.29) is 24.2 Å². The van der Waals surface area contributed by atoms with E-state index in [9.17, 15) is 9.59 Å². The van der Waals surface area contributed by atoms with E-state index in [4.69, 9.17) is 0 Å². The lowest BCUT2D eigenvalue weighted by atomic mass is 9.90. The first-order chi connectivity index (χ1) is 14.2. The largest absolute Gasteiger partial charge is 0.356 e. The topological polar surface area (TPSA) is 61.4 Å². The van der Waals surface area contributed by atoms with Gasteiger partial charge < -0.3 is 10.6 Å². The lowest BCUT2D eigenvalue weighted by Crippen LogP contribution is -2.57. The van der Waals surface area contributed by atoms with E-state index in [0.717, 1.165) is 13.1 Å². The minimum atomic E-state index is -0.419. The molecule has 1 unspecified atom stereocenters. The summed E-state index contributed by atoms with van der Waals surface area (Å²) in [7, 11) is 0. The van der Waals surface area contributed by atoms with Crippen LogP contribution in [0.5, 0.6) is 0 Å². The molecule has 1 aliphatic heterocycles. The van der Waals surface area contributed by atoms with E-state index in [1.54, 1.807) is 0 Å². The molecule has 2 fully saturated rings.